The van der Waals surface area contributed by atoms with Gasteiger partial charge in [0.25, 0.3) is 0 Å². The Kier molecular flexibility index (Phi) is 5.00. The van der Waals surface area contributed by atoms with Crippen LogP contribution in [0.3, 0.4) is 0 Å². The van der Waals surface area contributed by atoms with Crippen LogP contribution in [-0.4, -0.2) is 46.9 Å². The summed E-state index contributed by atoms with van der Waals surface area (Å²) >= 11 is 0. The van der Waals surface area contributed by atoms with E-state index < -0.39 is 5.60 Å². The summed E-state index contributed by atoms with van der Waals surface area (Å²) in [5.41, 5.74) is 1.28. The number of rotatable bonds is 5. The third-order valence-corrected chi connectivity index (χ3v) is 4.16. The van der Waals surface area contributed by atoms with Gasteiger partial charge in [0, 0.05) is 38.4 Å². The number of aromatic nitrogens is 1. The molecule has 0 aliphatic carbocycles. The highest BCUT2D eigenvalue weighted by molar-refractivity contribution is 5.19. The van der Waals surface area contributed by atoms with Crippen LogP contribution in [-0.2, 0) is 17.7 Å². The average molecular weight is 316 g/mol. The molecule has 0 unspecified atom stereocenters. The van der Waals surface area contributed by atoms with E-state index in [9.17, 15) is 9.50 Å². The Morgan fingerprint density at radius 3 is 2.87 bits per heavy atom. The van der Waals surface area contributed by atoms with Gasteiger partial charge in [-0.1, -0.05) is 18.2 Å². The van der Waals surface area contributed by atoms with Gasteiger partial charge in [0.2, 0.25) is 0 Å². The second kappa shape index (κ2) is 7.17. The first kappa shape index (κ1) is 16.1. The zero-order valence-corrected chi connectivity index (χ0v) is 13.0. The molecule has 0 amide bonds. The molecular formula is C18H21FN2O2. The van der Waals surface area contributed by atoms with E-state index >= 15 is 0 Å². The highest BCUT2D eigenvalue weighted by Crippen LogP contribution is 2.24. The van der Waals surface area contributed by atoms with Crippen molar-refractivity contribution < 1.29 is 14.2 Å². The molecule has 1 fully saturated rings. The van der Waals surface area contributed by atoms with Crippen LogP contribution >= 0.6 is 0 Å². The summed E-state index contributed by atoms with van der Waals surface area (Å²) in [4.78, 5) is 6.38. The van der Waals surface area contributed by atoms with Crippen LogP contribution in [0, 0.1) is 5.82 Å². The molecule has 122 valence electrons. The lowest BCUT2D eigenvalue weighted by Gasteiger charge is -2.42. The number of ether oxygens (including phenoxy) is 1. The fourth-order valence-electron chi connectivity index (χ4n) is 3.09. The van der Waals surface area contributed by atoms with Crippen molar-refractivity contribution >= 4 is 0 Å². The monoisotopic (exact) mass is 316 g/mol. The summed E-state index contributed by atoms with van der Waals surface area (Å²) in [6, 6.07) is 10.4. The summed E-state index contributed by atoms with van der Waals surface area (Å²) in [7, 11) is 0. The largest absolute Gasteiger partial charge is 0.393 e. The fourth-order valence-corrected chi connectivity index (χ4v) is 3.09. The summed E-state index contributed by atoms with van der Waals surface area (Å²) in [6.45, 7) is 2.64. The van der Waals surface area contributed by atoms with Gasteiger partial charge < -0.3 is 9.84 Å². The maximum atomic E-state index is 13.4. The SMILES string of the molecule is OC[C@]1(Cc2cccc(F)c2)CN(Cc2cccnc2)CCO1. The Hall–Kier alpha value is -1.82. The van der Waals surface area contributed by atoms with Crippen molar-refractivity contribution in [1.82, 2.24) is 9.88 Å². The minimum atomic E-state index is -0.686. The summed E-state index contributed by atoms with van der Waals surface area (Å²) in [6.07, 6.45) is 4.10. The molecule has 1 N–H and O–H groups in total. The number of benzene rings is 1. The highest BCUT2D eigenvalue weighted by atomic mass is 19.1. The topological polar surface area (TPSA) is 45.6 Å². The Morgan fingerprint density at radius 1 is 1.26 bits per heavy atom. The first-order valence-electron chi connectivity index (χ1n) is 7.80. The third kappa shape index (κ3) is 4.13. The van der Waals surface area contributed by atoms with Crippen LogP contribution in [0.2, 0.25) is 0 Å². The van der Waals surface area contributed by atoms with Crippen molar-refractivity contribution in [3.63, 3.8) is 0 Å². The molecule has 23 heavy (non-hydrogen) atoms. The predicted octanol–water partition coefficient (Wildman–Crippen LogP) is 2.03. The second-order valence-electron chi connectivity index (χ2n) is 6.07. The number of halogens is 1. The standard InChI is InChI=1S/C18H21FN2O2/c19-17-5-1-3-15(9-17)10-18(14-22)13-21(7-8-23-18)12-16-4-2-6-20-11-16/h1-6,9,11,22H,7-8,10,12-14H2/t18-/m0/s1. The van der Waals surface area contributed by atoms with Crippen LogP contribution < -0.4 is 0 Å². The molecular weight excluding hydrogens is 295 g/mol. The molecule has 1 aromatic carbocycles. The zero-order chi connectivity index (χ0) is 16.1. The van der Waals surface area contributed by atoms with Gasteiger partial charge in [0.15, 0.2) is 0 Å². The lowest BCUT2D eigenvalue weighted by atomic mass is 9.93. The molecule has 1 aliphatic rings. The first-order valence-corrected chi connectivity index (χ1v) is 7.80. The third-order valence-electron chi connectivity index (χ3n) is 4.16. The molecule has 0 spiro atoms. The average Bonchev–Trinajstić information content (AvgIpc) is 2.56. The van der Waals surface area contributed by atoms with E-state index in [1.165, 1.54) is 12.1 Å². The number of hydrogen-bond donors (Lipinski definition) is 1. The van der Waals surface area contributed by atoms with Crippen molar-refractivity contribution in [1.29, 1.82) is 0 Å². The van der Waals surface area contributed by atoms with Gasteiger partial charge in [-0.2, -0.15) is 0 Å². The Morgan fingerprint density at radius 2 is 2.13 bits per heavy atom. The number of nitrogens with zero attached hydrogens (tertiary/aromatic N) is 2. The molecule has 2 aromatic rings. The lowest BCUT2D eigenvalue weighted by Crippen LogP contribution is -2.55. The predicted molar refractivity (Wildman–Crippen MR) is 85.4 cm³/mol. The van der Waals surface area contributed by atoms with E-state index in [1.807, 2.05) is 24.4 Å². The van der Waals surface area contributed by atoms with Gasteiger partial charge in [-0.25, -0.2) is 4.39 Å². The van der Waals surface area contributed by atoms with E-state index in [4.69, 9.17) is 4.74 Å². The van der Waals surface area contributed by atoms with Crippen molar-refractivity contribution in [2.24, 2.45) is 0 Å². The van der Waals surface area contributed by atoms with Gasteiger partial charge in [-0.3, -0.25) is 9.88 Å². The molecule has 2 heterocycles. The zero-order valence-electron chi connectivity index (χ0n) is 13.0. The highest BCUT2D eigenvalue weighted by Gasteiger charge is 2.36. The Balaban J connectivity index is 1.71. The van der Waals surface area contributed by atoms with Gasteiger partial charge in [-0.15, -0.1) is 0 Å². The number of pyridine rings is 1. The van der Waals surface area contributed by atoms with E-state index in [0.717, 1.165) is 24.2 Å². The summed E-state index contributed by atoms with van der Waals surface area (Å²) < 4.78 is 19.3. The van der Waals surface area contributed by atoms with E-state index in [-0.39, 0.29) is 12.4 Å². The van der Waals surface area contributed by atoms with Crippen LogP contribution in [0.1, 0.15) is 11.1 Å². The van der Waals surface area contributed by atoms with Crippen molar-refractivity contribution in [3.8, 4) is 0 Å². The smallest absolute Gasteiger partial charge is 0.123 e. The molecule has 5 heteroatoms. The van der Waals surface area contributed by atoms with E-state index in [2.05, 4.69) is 9.88 Å². The number of morpholine rings is 1. The number of aliphatic hydroxyl groups is 1. The van der Waals surface area contributed by atoms with Gasteiger partial charge in [0.05, 0.1) is 13.2 Å². The quantitative estimate of drug-likeness (QED) is 0.917. The maximum absolute atomic E-state index is 13.4. The van der Waals surface area contributed by atoms with Crippen LogP contribution in [0.25, 0.3) is 0 Å². The van der Waals surface area contributed by atoms with Crippen molar-refractivity contribution in [2.45, 2.75) is 18.6 Å². The molecule has 1 atom stereocenters. The van der Waals surface area contributed by atoms with E-state index in [0.29, 0.717) is 19.6 Å². The summed E-state index contributed by atoms with van der Waals surface area (Å²) in [5, 5.41) is 9.90. The summed E-state index contributed by atoms with van der Waals surface area (Å²) in [5.74, 6) is -0.265. The number of hydrogen-bond acceptors (Lipinski definition) is 4. The van der Waals surface area contributed by atoms with E-state index in [1.54, 1.807) is 12.3 Å². The lowest BCUT2D eigenvalue weighted by molar-refractivity contribution is -0.134. The normalized spacial score (nSPS) is 22.2. The first-order chi connectivity index (χ1) is 11.2. The second-order valence-corrected chi connectivity index (χ2v) is 6.07. The van der Waals surface area contributed by atoms with Gasteiger partial charge in [0.1, 0.15) is 11.4 Å². The van der Waals surface area contributed by atoms with Crippen LogP contribution in [0.4, 0.5) is 4.39 Å². The molecule has 1 aliphatic heterocycles. The Bertz CT molecular complexity index is 638. The molecule has 0 radical (unpaired) electrons. The minimum Gasteiger partial charge on any atom is -0.393 e. The molecule has 1 saturated heterocycles. The van der Waals surface area contributed by atoms with Gasteiger partial charge in [-0.05, 0) is 29.3 Å². The van der Waals surface area contributed by atoms with Crippen molar-refractivity contribution in [3.05, 3.63) is 65.7 Å². The molecule has 3 rings (SSSR count). The Labute approximate surface area is 135 Å². The fraction of sp³-hybridized carbons (Fsp3) is 0.389. The molecule has 0 bridgehead atoms. The molecule has 4 nitrogen and oxygen atoms in total. The number of aliphatic hydroxyl groups excluding tert-OH is 1. The van der Waals surface area contributed by atoms with Crippen molar-refractivity contribution in [2.75, 3.05) is 26.3 Å². The van der Waals surface area contributed by atoms with Crippen LogP contribution in [0.5, 0.6) is 0 Å². The molecule has 0 saturated carbocycles. The van der Waals surface area contributed by atoms with Gasteiger partial charge >= 0.3 is 0 Å². The minimum absolute atomic E-state index is 0.0902. The van der Waals surface area contributed by atoms with Crippen LogP contribution in [0.15, 0.2) is 48.8 Å². The molecule has 1 aromatic heterocycles. The maximum Gasteiger partial charge on any atom is 0.123 e.